The van der Waals surface area contributed by atoms with E-state index in [0.717, 1.165) is 9.87 Å². The Bertz CT molecular complexity index is 858. The van der Waals surface area contributed by atoms with Crippen LogP contribution in [0.25, 0.3) is 0 Å². The van der Waals surface area contributed by atoms with Gasteiger partial charge in [-0.2, -0.15) is 4.31 Å². The number of carbonyl (C=O) groups is 1. The molecule has 1 aromatic heterocycles. The van der Waals surface area contributed by atoms with Crippen molar-refractivity contribution < 1.29 is 23.1 Å². The smallest absolute Gasteiger partial charge is 0.244 e. The molecular weight excluding hydrogens is 370 g/mol. The maximum atomic E-state index is 12.3. The summed E-state index contributed by atoms with van der Waals surface area (Å²) < 4.78 is 31.0. The number of pyridine rings is 1. The molecule has 0 bridgehead atoms. The molecule has 2 N–H and O–H groups in total. The topological polar surface area (TPSA) is 109 Å². The maximum Gasteiger partial charge on any atom is 0.244 e. The molecule has 1 amide bonds. The summed E-state index contributed by atoms with van der Waals surface area (Å²) in [6.07, 6.45) is 1.76. The molecule has 1 aromatic carbocycles. The van der Waals surface area contributed by atoms with Crippen molar-refractivity contribution >= 4 is 15.9 Å². The summed E-state index contributed by atoms with van der Waals surface area (Å²) in [5.41, 5.74) is 1.04. The summed E-state index contributed by atoms with van der Waals surface area (Å²) in [6, 6.07) is 10.3. The third-order valence-electron chi connectivity index (χ3n) is 3.68. The third kappa shape index (κ3) is 6.31. The molecule has 146 valence electrons. The van der Waals surface area contributed by atoms with Crippen LogP contribution in [0.1, 0.15) is 5.56 Å². The molecule has 0 aliphatic carbocycles. The Balaban J connectivity index is 1.78. The molecule has 2 aromatic rings. The minimum atomic E-state index is -3.80. The molecule has 8 nitrogen and oxygen atoms in total. The van der Waals surface area contributed by atoms with Gasteiger partial charge in [0, 0.05) is 26.0 Å². The number of aromatic nitrogens is 1. The van der Waals surface area contributed by atoms with Gasteiger partial charge >= 0.3 is 0 Å². The zero-order valence-corrected chi connectivity index (χ0v) is 16.0. The molecule has 0 radical (unpaired) electrons. The van der Waals surface area contributed by atoms with E-state index in [0.29, 0.717) is 5.75 Å². The quantitative estimate of drug-likeness (QED) is 0.645. The van der Waals surface area contributed by atoms with Crippen molar-refractivity contribution in [2.24, 2.45) is 0 Å². The summed E-state index contributed by atoms with van der Waals surface area (Å²) in [4.78, 5) is 15.7. The van der Waals surface area contributed by atoms with E-state index in [1.807, 2.05) is 25.1 Å². The van der Waals surface area contributed by atoms with Crippen LogP contribution >= 0.6 is 0 Å². The number of amides is 1. The third-order valence-corrected chi connectivity index (χ3v) is 5.46. The fourth-order valence-electron chi connectivity index (χ4n) is 2.21. The first-order valence-electron chi connectivity index (χ1n) is 8.29. The van der Waals surface area contributed by atoms with E-state index in [1.54, 1.807) is 6.07 Å². The number of aliphatic hydroxyl groups is 1. The summed E-state index contributed by atoms with van der Waals surface area (Å²) in [7, 11) is -2.50. The van der Waals surface area contributed by atoms with Crippen LogP contribution in [0.15, 0.2) is 53.7 Å². The molecule has 0 aliphatic rings. The summed E-state index contributed by atoms with van der Waals surface area (Å²) in [5, 5.41) is 12.4. The number of aliphatic hydroxyl groups excluding tert-OH is 1. The summed E-state index contributed by atoms with van der Waals surface area (Å²) in [5.74, 6) is 0.0993. The van der Waals surface area contributed by atoms with E-state index in [-0.39, 0.29) is 24.6 Å². The van der Waals surface area contributed by atoms with Crippen molar-refractivity contribution in [1.82, 2.24) is 14.6 Å². The lowest BCUT2D eigenvalue weighted by Crippen LogP contribution is -2.42. The predicted molar refractivity (Wildman–Crippen MR) is 99.7 cm³/mol. The van der Waals surface area contributed by atoms with Gasteiger partial charge in [-0.15, -0.1) is 0 Å². The summed E-state index contributed by atoms with van der Waals surface area (Å²) in [6.45, 7) is 1.52. The van der Waals surface area contributed by atoms with E-state index in [2.05, 4.69) is 10.3 Å². The number of aryl methyl sites for hydroxylation is 1. The van der Waals surface area contributed by atoms with Crippen LogP contribution in [0.4, 0.5) is 0 Å². The lowest BCUT2D eigenvalue weighted by Gasteiger charge is -2.18. The van der Waals surface area contributed by atoms with Crippen molar-refractivity contribution in [2.75, 3.05) is 26.7 Å². The van der Waals surface area contributed by atoms with Crippen LogP contribution in [-0.4, -0.2) is 61.6 Å². The van der Waals surface area contributed by atoms with E-state index < -0.39 is 22.0 Å². The fraction of sp³-hybridized carbons (Fsp3) is 0.333. The Hall–Kier alpha value is -2.49. The Kier molecular flexibility index (Phi) is 7.28. The van der Waals surface area contributed by atoms with Gasteiger partial charge in [0.05, 0.1) is 6.54 Å². The van der Waals surface area contributed by atoms with Gasteiger partial charge in [-0.05, 0) is 36.8 Å². The van der Waals surface area contributed by atoms with Gasteiger partial charge in [-0.3, -0.25) is 9.78 Å². The molecule has 0 fully saturated rings. The van der Waals surface area contributed by atoms with Gasteiger partial charge in [0.25, 0.3) is 0 Å². The van der Waals surface area contributed by atoms with Crippen LogP contribution in [0.5, 0.6) is 5.75 Å². The average Bonchev–Trinajstić information content (AvgIpc) is 2.65. The molecular formula is C18H23N3O5S. The van der Waals surface area contributed by atoms with Crippen LogP contribution < -0.4 is 10.1 Å². The highest BCUT2D eigenvalue weighted by molar-refractivity contribution is 7.89. The second-order valence-electron chi connectivity index (χ2n) is 6.04. The molecule has 0 saturated carbocycles. The molecule has 1 unspecified atom stereocenters. The van der Waals surface area contributed by atoms with E-state index in [1.165, 1.54) is 31.6 Å². The number of nitrogens with one attached hydrogen (secondary N) is 1. The predicted octanol–water partition coefficient (Wildman–Crippen LogP) is 0.567. The highest BCUT2D eigenvalue weighted by Crippen LogP contribution is 2.13. The zero-order chi connectivity index (χ0) is 19.9. The number of rotatable bonds is 9. The van der Waals surface area contributed by atoms with Crippen LogP contribution in [-0.2, 0) is 14.8 Å². The first kappa shape index (κ1) is 20.8. The highest BCUT2D eigenvalue weighted by Gasteiger charge is 2.23. The van der Waals surface area contributed by atoms with E-state index >= 15 is 0 Å². The van der Waals surface area contributed by atoms with Crippen molar-refractivity contribution in [3.8, 4) is 5.75 Å². The first-order valence-corrected chi connectivity index (χ1v) is 9.73. The van der Waals surface area contributed by atoms with Crippen LogP contribution in [0.2, 0.25) is 0 Å². The highest BCUT2D eigenvalue weighted by atomic mass is 32.2. The van der Waals surface area contributed by atoms with Crippen molar-refractivity contribution in [3.63, 3.8) is 0 Å². The Morgan fingerprint density at radius 2 is 2.11 bits per heavy atom. The monoisotopic (exact) mass is 393 g/mol. The first-order chi connectivity index (χ1) is 12.8. The van der Waals surface area contributed by atoms with Gasteiger partial charge in [-0.1, -0.05) is 12.1 Å². The molecule has 0 spiro atoms. The second kappa shape index (κ2) is 9.45. The lowest BCUT2D eigenvalue weighted by atomic mass is 10.2. The molecule has 0 aliphatic heterocycles. The number of carbonyl (C=O) groups excluding carboxylic acids is 1. The number of hydrogen-bond donors (Lipinski definition) is 2. The minimum Gasteiger partial charge on any atom is -0.491 e. The Labute approximate surface area is 158 Å². The number of ether oxygens (including phenoxy) is 1. The van der Waals surface area contributed by atoms with Crippen LogP contribution in [0, 0.1) is 6.92 Å². The van der Waals surface area contributed by atoms with Crippen molar-refractivity contribution in [2.45, 2.75) is 17.9 Å². The zero-order valence-electron chi connectivity index (χ0n) is 15.2. The van der Waals surface area contributed by atoms with Gasteiger partial charge in [0.1, 0.15) is 23.4 Å². The second-order valence-corrected chi connectivity index (χ2v) is 8.08. The van der Waals surface area contributed by atoms with Gasteiger partial charge in [-0.25, -0.2) is 8.42 Å². The number of benzene rings is 1. The molecule has 2 rings (SSSR count). The van der Waals surface area contributed by atoms with Gasteiger partial charge in [0.15, 0.2) is 0 Å². The van der Waals surface area contributed by atoms with Gasteiger partial charge in [0.2, 0.25) is 15.9 Å². The normalized spacial score (nSPS) is 12.6. The molecule has 1 heterocycles. The molecule has 1 atom stereocenters. The summed E-state index contributed by atoms with van der Waals surface area (Å²) >= 11 is 0. The van der Waals surface area contributed by atoms with Crippen molar-refractivity contribution in [1.29, 1.82) is 0 Å². The standard InChI is InChI=1S/C18H23N3O5S/c1-14-5-3-6-16(9-14)26-13-15(22)10-20-18(23)12-21(2)27(24,25)17-7-4-8-19-11-17/h3-9,11,15,22H,10,12-13H2,1-2H3,(H,20,23). The average molecular weight is 393 g/mol. The van der Waals surface area contributed by atoms with E-state index in [9.17, 15) is 18.3 Å². The number of sulfonamides is 1. The number of nitrogens with zero attached hydrogens (tertiary/aromatic N) is 2. The SMILES string of the molecule is Cc1cccc(OCC(O)CNC(=O)CN(C)S(=O)(=O)c2cccnc2)c1. The fourth-order valence-corrected chi connectivity index (χ4v) is 3.30. The molecule has 27 heavy (non-hydrogen) atoms. The Morgan fingerprint density at radius 1 is 1.33 bits per heavy atom. The molecule has 0 saturated heterocycles. The lowest BCUT2D eigenvalue weighted by molar-refractivity contribution is -0.121. The largest absolute Gasteiger partial charge is 0.491 e. The minimum absolute atomic E-state index is 0.00638. The van der Waals surface area contributed by atoms with Gasteiger partial charge < -0.3 is 15.2 Å². The van der Waals surface area contributed by atoms with Crippen LogP contribution in [0.3, 0.4) is 0 Å². The van der Waals surface area contributed by atoms with E-state index in [4.69, 9.17) is 4.74 Å². The number of hydrogen-bond acceptors (Lipinski definition) is 6. The molecule has 9 heteroatoms. The van der Waals surface area contributed by atoms with Crippen molar-refractivity contribution in [3.05, 3.63) is 54.4 Å². The number of likely N-dealkylation sites (N-methyl/N-ethyl adjacent to an activating group) is 1. The Morgan fingerprint density at radius 3 is 2.78 bits per heavy atom. The maximum absolute atomic E-state index is 12.3.